The summed E-state index contributed by atoms with van der Waals surface area (Å²) in [6.07, 6.45) is -3.11. The molecule has 2 aromatic heterocycles. The number of alkyl halides is 3. The van der Waals surface area contributed by atoms with Gasteiger partial charge in [-0.3, -0.25) is 4.79 Å². The standard InChI is InChI=1S/C21H16F3N5O4S/c22-21(23,24)20(7-8-20)12-33-17-6-9-29(28-17)16-5-4-15(18(26)30)19(27-16)34(31,32)14-3-1-2-13(10-14)11-25/h1-6,9-10H,7-8,12H2,(H2,26,30). The maximum absolute atomic E-state index is 13.2. The van der Waals surface area contributed by atoms with Crippen LogP contribution < -0.4 is 10.5 Å². The van der Waals surface area contributed by atoms with Crippen LogP contribution in [0.5, 0.6) is 5.88 Å². The van der Waals surface area contributed by atoms with Crippen LogP contribution in [0.15, 0.2) is 58.6 Å². The lowest BCUT2D eigenvalue weighted by Gasteiger charge is -2.18. The number of halogens is 3. The quantitative estimate of drug-likeness (QED) is 0.536. The van der Waals surface area contributed by atoms with Gasteiger partial charge in [0, 0.05) is 12.3 Å². The molecule has 13 heteroatoms. The van der Waals surface area contributed by atoms with Crippen LogP contribution in [0.3, 0.4) is 0 Å². The van der Waals surface area contributed by atoms with Crippen molar-refractivity contribution in [2.45, 2.75) is 28.9 Å². The first-order valence-corrected chi connectivity index (χ1v) is 11.3. The summed E-state index contributed by atoms with van der Waals surface area (Å²) in [5, 5.41) is 12.4. The Morgan fingerprint density at radius 3 is 2.59 bits per heavy atom. The van der Waals surface area contributed by atoms with E-state index in [1.165, 1.54) is 36.5 Å². The van der Waals surface area contributed by atoms with Crippen molar-refractivity contribution in [1.82, 2.24) is 14.8 Å². The summed E-state index contributed by atoms with van der Waals surface area (Å²) in [5.41, 5.74) is 3.16. The second-order valence-corrected chi connectivity index (χ2v) is 9.56. The average Bonchev–Trinajstić information content (AvgIpc) is 3.47. The minimum Gasteiger partial charge on any atom is -0.476 e. The highest BCUT2D eigenvalue weighted by molar-refractivity contribution is 7.91. The largest absolute Gasteiger partial charge is 0.476 e. The van der Waals surface area contributed by atoms with E-state index in [2.05, 4.69) is 10.1 Å². The van der Waals surface area contributed by atoms with Crippen LogP contribution in [-0.2, 0) is 9.84 Å². The fourth-order valence-electron chi connectivity index (χ4n) is 3.18. The summed E-state index contributed by atoms with van der Waals surface area (Å²) in [7, 11) is -4.37. The van der Waals surface area contributed by atoms with Crippen LogP contribution in [-0.4, -0.2) is 41.9 Å². The zero-order valence-corrected chi connectivity index (χ0v) is 18.1. The summed E-state index contributed by atoms with van der Waals surface area (Å²) in [5.74, 6) is -1.20. The number of carbonyl (C=O) groups excluding carboxylic acids is 1. The first kappa shape index (κ1) is 23.2. The molecule has 0 spiro atoms. The number of hydrogen-bond donors (Lipinski definition) is 1. The van der Waals surface area contributed by atoms with E-state index in [0.29, 0.717) is 0 Å². The molecule has 0 aliphatic heterocycles. The molecule has 2 N–H and O–H groups in total. The number of pyridine rings is 1. The number of nitrogens with two attached hydrogens (primary N) is 1. The Morgan fingerprint density at radius 1 is 1.24 bits per heavy atom. The average molecular weight is 491 g/mol. The lowest BCUT2D eigenvalue weighted by atomic mass is 10.1. The first-order chi connectivity index (χ1) is 16.0. The van der Waals surface area contributed by atoms with Gasteiger partial charge in [0.25, 0.3) is 5.91 Å². The van der Waals surface area contributed by atoms with Crippen molar-refractivity contribution in [1.29, 1.82) is 5.26 Å². The topological polar surface area (TPSA) is 141 Å². The van der Waals surface area contributed by atoms with Crippen molar-refractivity contribution < 1.29 is 31.1 Å². The fourth-order valence-corrected chi connectivity index (χ4v) is 4.61. The summed E-state index contributed by atoms with van der Waals surface area (Å²) >= 11 is 0. The molecular weight excluding hydrogens is 475 g/mol. The molecule has 0 saturated heterocycles. The molecule has 0 bridgehead atoms. The molecule has 1 aliphatic rings. The van der Waals surface area contributed by atoms with Gasteiger partial charge in [0.05, 0.1) is 22.1 Å². The maximum atomic E-state index is 13.2. The van der Waals surface area contributed by atoms with Gasteiger partial charge in [0.2, 0.25) is 15.7 Å². The highest BCUT2D eigenvalue weighted by atomic mass is 32.2. The predicted octanol–water partition coefficient (Wildman–Crippen LogP) is 2.79. The number of amides is 1. The highest BCUT2D eigenvalue weighted by Gasteiger charge is 2.64. The van der Waals surface area contributed by atoms with Gasteiger partial charge in [-0.2, -0.15) is 18.4 Å². The van der Waals surface area contributed by atoms with Gasteiger partial charge in [0.1, 0.15) is 12.0 Å². The van der Waals surface area contributed by atoms with Crippen LogP contribution in [0, 0.1) is 16.7 Å². The van der Waals surface area contributed by atoms with Crippen molar-refractivity contribution in [2.75, 3.05) is 6.61 Å². The summed E-state index contributed by atoms with van der Waals surface area (Å²) in [4.78, 5) is 15.6. The van der Waals surface area contributed by atoms with Gasteiger partial charge in [-0.05, 0) is 43.2 Å². The highest BCUT2D eigenvalue weighted by Crippen LogP contribution is 2.57. The molecule has 9 nitrogen and oxygen atoms in total. The number of aromatic nitrogens is 3. The number of primary amides is 1. The van der Waals surface area contributed by atoms with Crippen LogP contribution >= 0.6 is 0 Å². The van der Waals surface area contributed by atoms with Crippen molar-refractivity contribution >= 4 is 15.7 Å². The number of sulfone groups is 1. The van der Waals surface area contributed by atoms with Crippen LogP contribution in [0.2, 0.25) is 0 Å². The Morgan fingerprint density at radius 2 is 1.97 bits per heavy atom. The molecule has 0 radical (unpaired) electrons. The van der Waals surface area contributed by atoms with Crippen LogP contribution in [0.25, 0.3) is 5.82 Å². The Balaban J connectivity index is 1.67. The molecule has 2 heterocycles. The zero-order valence-electron chi connectivity index (χ0n) is 17.3. The summed E-state index contributed by atoms with van der Waals surface area (Å²) in [6, 6.07) is 10.7. The normalized spacial score (nSPS) is 14.9. The molecule has 1 fully saturated rings. The second-order valence-electron chi connectivity index (χ2n) is 7.69. The number of nitriles is 1. The molecular formula is C21H16F3N5O4S. The van der Waals surface area contributed by atoms with E-state index in [4.69, 9.17) is 15.7 Å². The molecule has 34 heavy (non-hydrogen) atoms. The van der Waals surface area contributed by atoms with Crippen molar-refractivity contribution in [3.63, 3.8) is 0 Å². The van der Waals surface area contributed by atoms with E-state index >= 15 is 0 Å². The zero-order chi connectivity index (χ0) is 24.7. The third-order valence-corrected chi connectivity index (χ3v) is 7.08. The Bertz CT molecular complexity index is 1420. The molecule has 3 aromatic rings. The van der Waals surface area contributed by atoms with E-state index in [1.54, 1.807) is 0 Å². The molecule has 1 saturated carbocycles. The van der Waals surface area contributed by atoms with Gasteiger partial charge in [0.15, 0.2) is 10.8 Å². The molecule has 0 unspecified atom stereocenters. The Labute approximate surface area is 191 Å². The van der Waals surface area contributed by atoms with Crippen LogP contribution in [0.4, 0.5) is 13.2 Å². The fraction of sp³-hybridized carbons (Fsp3) is 0.238. The third kappa shape index (κ3) is 4.19. The smallest absolute Gasteiger partial charge is 0.397 e. The minimum atomic E-state index is -4.38. The summed E-state index contributed by atoms with van der Waals surface area (Å²) < 4.78 is 72.0. The number of nitrogens with zero attached hydrogens (tertiary/aromatic N) is 4. The third-order valence-electron chi connectivity index (χ3n) is 5.39. The predicted molar refractivity (Wildman–Crippen MR) is 110 cm³/mol. The minimum absolute atomic E-state index is 0.0262. The number of benzene rings is 1. The van der Waals surface area contributed by atoms with Crippen molar-refractivity contribution in [2.24, 2.45) is 11.1 Å². The molecule has 1 amide bonds. The van der Waals surface area contributed by atoms with Crippen molar-refractivity contribution in [3.8, 4) is 17.8 Å². The Kier molecular flexibility index (Phi) is 5.56. The second kappa shape index (κ2) is 8.14. The van der Waals surface area contributed by atoms with Gasteiger partial charge in [-0.1, -0.05) is 6.07 Å². The van der Waals surface area contributed by atoms with Gasteiger partial charge >= 0.3 is 6.18 Å². The number of carbonyl (C=O) groups is 1. The van der Waals surface area contributed by atoms with Gasteiger partial charge in [-0.25, -0.2) is 18.1 Å². The van der Waals surface area contributed by atoms with Crippen molar-refractivity contribution in [3.05, 3.63) is 59.8 Å². The maximum Gasteiger partial charge on any atom is 0.397 e. The first-order valence-electron chi connectivity index (χ1n) is 9.79. The molecule has 1 aromatic carbocycles. The molecule has 1 aliphatic carbocycles. The van der Waals surface area contributed by atoms with Gasteiger partial charge < -0.3 is 10.5 Å². The summed E-state index contributed by atoms with van der Waals surface area (Å²) in [6.45, 7) is -0.587. The number of ether oxygens (including phenoxy) is 1. The van der Waals surface area contributed by atoms with E-state index in [-0.39, 0.29) is 40.6 Å². The lowest BCUT2D eigenvalue weighted by Crippen LogP contribution is -2.30. The monoisotopic (exact) mass is 491 g/mol. The Hall–Kier alpha value is -3.92. The van der Waals surface area contributed by atoms with E-state index in [1.807, 2.05) is 6.07 Å². The molecule has 0 atom stereocenters. The lowest BCUT2D eigenvalue weighted by molar-refractivity contribution is -0.194. The molecule has 4 rings (SSSR count). The SMILES string of the molecule is N#Cc1cccc(S(=O)(=O)c2nc(-n3ccc(OCC4(C(F)(F)F)CC4)n3)ccc2C(N)=O)c1. The molecule has 176 valence electrons. The van der Waals surface area contributed by atoms with E-state index in [9.17, 15) is 26.4 Å². The number of rotatable bonds is 7. The number of hydrogen-bond acceptors (Lipinski definition) is 7. The van der Waals surface area contributed by atoms with Gasteiger partial charge in [-0.15, -0.1) is 5.10 Å². The van der Waals surface area contributed by atoms with E-state index < -0.39 is 39.0 Å². The van der Waals surface area contributed by atoms with Crippen LogP contribution in [0.1, 0.15) is 28.8 Å². The van der Waals surface area contributed by atoms with E-state index in [0.717, 1.165) is 16.8 Å².